The highest BCUT2D eigenvalue weighted by atomic mass is 32.2. The zero-order chi connectivity index (χ0) is 14.0. The molecule has 0 saturated heterocycles. The Bertz CT molecular complexity index is 399. The number of allylic oxidation sites excluding steroid dienone is 2. The Kier molecular flexibility index (Phi) is 5.01. The summed E-state index contributed by atoms with van der Waals surface area (Å²) in [5.74, 6) is 1.05. The molecule has 4 heteroatoms. The Morgan fingerprint density at radius 2 is 2.06 bits per heavy atom. The molecule has 0 amide bonds. The van der Waals surface area contributed by atoms with Crippen LogP contribution in [0.3, 0.4) is 0 Å². The molecule has 0 radical (unpaired) electrons. The standard InChI is InChI=1S/C14H26O3S/c1-5-6-7-12(3)13-8-11(2)9-14(4,10-13)18(15,16)17/h6-7,11-13H,5,8-10H2,1-4H3,(H,15,16,17)/b7-6-. The lowest BCUT2D eigenvalue weighted by Crippen LogP contribution is -2.43. The summed E-state index contributed by atoms with van der Waals surface area (Å²) in [6.45, 7) is 7.99. The van der Waals surface area contributed by atoms with Crippen molar-refractivity contribution in [2.75, 3.05) is 0 Å². The Morgan fingerprint density at radius 3 is 2.56 bits per heavy atom. The highest BCUT2D eigenvalue weighted by Gasteiger charge is 2.45. The molecule has 1 fully saturated rings. The SMILES string of the molecule is CC/C=C\C(C)C1CC(C)CC(C)(S(=O)(=O)O)C1. The van der Waals surface area contributed by atoms with Crippen molar-refractivity contribution in [3.05, 3.63) is 12.2 Å². The van der Waals surface area contributed by atoms with Gasteiger partial charge in [-0.05, 0) is 50.4 Å². The highest BCUT2D eigenvalue weighted by Crippen LogP contribution is 2.43. The second-order valence-corrected chi connectivity index (χ2v) is 8.07. The molecule has 106 valence electrons. The Hall–Kier alpha value is -0.350. The minimum Gasteiger partial charge on any atom is -0.285 e. The van der Waals surface area contributed by atoms with Gasteiger partial charge in [0.15, 0.2) is 0 Å². The Balaban J connectivity index is 2.88. The molecule has 0 aromatic heterocycles. The van der Waals surface area contributed by atoms with E-state index < -0.39 is 14.9 Å². The summed E-state index contributed by atoms with van der Waals surface area (Å²) in [6, 6.07) is 0. The first-order chi connectivity index (χ1) is 8.19. The molecular formula is C14H26O3S. The van der Waals surface area contributed by atoms with Crippen LogP contribution >= 0.6 is 0 Å². The van der Waals surface area contributed by atoms with Crippen LogP contribution in [0.5, 0.6) is 0 Å². The maximum absolute atomic E-state index is 11.6. The molecule has 1 N–H and O–H groups in total. The van der Waals surface area contributed by atoms with Crippen molar-refractivity contribution in [2.24, 2.45) is 17.8 Å². The number of hydrogen-bond donors (Lipinski definition) is 1. The lowest BCUT2D eigenvalue weighted by atomic mass is 9.71. The van der Waals surface area contributed by atoms with Gasteiger partial charge in [-0.25, -0.2) is 0 Å². The van der Waals surface area contributed by atoms with E-state index in [2.05, 4.69) is 32.9 Å². The van der Waals surface area contributed by atoms with Crippen molar-refractivity contribution in [3.8, 4) is 0 Å². The van der Waals surface area contributed by atoms with E-state index in [4.69, 9.17) is 0 Å². The normalized spacial score (nSPS) is 35.8. The third kappa shape index (κ3) is 3.58. The van der Waals surface area contributed by atoms with E-state index in [9.17, 15) is 13.0 Å². The smallest absolute Gasteiger partial charge is 0.270 e. The van der Waals surface area contributed by atoms with Crippen molar-refractivity contribution in [1.82, 2.24) is 0 Å². The summed E-state index contributed by atoms with van der Waals surface area (Å²) in [4.78, 5) is 0. The summed E-state index contributed by atoms with van der Waals surface area (Å²) in [5.41, 5.74) is 0. The van der Waals surface area contributed by atoms with Gasteiger partial charge in [-0.3, -0.25) is 4.55 Å². The van der Waals surface area contributed by atoms with Crippen LogP contribution in [0.25, 0.3) is 0 Å². The monoisotopic (exact) mass is 274 g/mol. The minimum atomic E-state index is -3.97. The van der Waals surface area contributed by atoms with Crippen molar-refractivity contribution in [2.45, 2.75) is 58.1 Å². The molecule has 0 aromatic carbocycles. The average Bonchev–Trinajstić information content (AvgIpc) is 2.23. The summed E-state index contributed by atoms with van der Waals surface area (Å²) >= 11 is 0. The van der Waals surface area contributed by atoms with Gasteiger partial charge in [0.25, 0.3) is 10.1 Å². The third-order valence-corrected chi connectivity index (χ3v) is 5.80. The molecule has 18 heavy (non-hydrogen) atoms. The van der Waals surface area contributed by atoms with Gasteiger partial charge in [-0.1, -0.05) is 32.9 Å². The summed E-state index contributed by atoms with van der Waals surface area (Å²) in [7, 11) is -3.97. The summed E-state index contributed by atoms with van der Waals surface area (Å²) in [5, 5.41) is 0. The van der Waals surface area contributed by atoms with Gasteiger partial charge in [0.05, 0.1) is 4.75 Å². The van der Waals surface area contributed by atoms with Gasteiger partial charge in [0.2, 0.25) is 0 Å². The van der Waals surface area contributed by atoms with E-state index in [1.807, 2.05) is 0 Å². The summed E-state index contributed by atoms with van der Waals surface area (Å²) < 4.78 is 31.6. The second kappa shape index (κ2) is 5.74. The molecule has 3 nitrogen and oxygen atoms in total. The van der Waals surface area contributed by atoms with Crippen LogP contribution < -0.4 is 0 Å². The van der Waals surface area contributed by atoms with Crippen molar-refractivity contribution in [3.63, 3.8) is 0 Å². The predicted molar refractivity (Wildman–Crippen MR) is 75.1 cm³/mol. The third-order valence-electron chi connectivity index (χ3n) is 4.22. The largest absolute Gasteiger partial charge is 0.285 e. The lowest BCUT2D eigenvalue weighted by molar-refractivity contribution is 0.193. The molecule has 0 bridgehead atoms. The van der Waals surface area contributed by atoms with Crippen molar-refractivity contribution >= 4 is 10.1 Å². The Morgan fingerprint density at radius 1 is 1.44 bits per heavy atom. The van der Waals surface area contributed by atoms with E-state index in [-0.39, 0.29) is 0 Å². The zero-order valence-corrected chi connectivity index (χ0v) is 12.7. The van der Waals surface area contributed by atoms with E-state index in [0.717, 1.165) is 12.8 Å². The van der Waals surface area contributed by atoms with Crippen molar-refractivity contribution < 1.29 is 13.0 Å². The quantitative estimate of drug-likeness (QED) is 0.628. The van der Waals surface area contributed by atoms with Crippen LogP contribution in [0.2, 0.25) is 0 Å². The maximum Gasteiger partial charge on any atom is 0.270 e. The molecule has 0 heterocycles. The van der Waals surface area contributed by atoms with Crippen LogP contribution in [0.1, 0.15) is 53.4 Å². The van der Waals surface area contributed by atoms with Crippen LogP contribution in [-0.4, -0.2) is 17.7 Å². The fourth-order valence-corrected chi connectivity index (χ4v) is 4.10. The predicted octanol–water partition coefficient (Wildman–Crippen LogP) is 3.67. The number of hydrogen-bond acceptors (Lipinski definition) is 2. The number of rotatable bonds is 4. The van der Waals surface area contributed by atoms with Gasteiger partial charge < -0.3 is 0 Å². The van der Waals surface area contributed by atoms with Gasteiger partial charge in [0.1, 0.15) is 0 Å². The molecule has 1 aliphatic carbocycles. The topological polar surface area (TPSA) is 54.4 Å². The average molecular weight is 274 g/mol. The fraction of sp³-hybridized carbons (Fsp3) is 0.857. The zero-order valence-electron chi connectivity index (χ0n) is 11.9. The summed E-state index contributed by atoms with van der Waals surface area (Å²) in [6.07, 6.45) is 7.47. The van der Waals surface area contributed by atoms with Crippen LogP contribution in [0.15, 0.2) is 12.2 Å². The molecule has 1 saturated carbocycles. The molecule has 1 rings (SSSR count). The van der Waals surface area contributed by atoms with E-state index in [1.165, 1.54) is 0 Å². The molecular weight excluding hydrogens is 248 g/mol. The maximum atomic E-state index is 11.6. The fourth-order valence-electron chi connectivity index (χ4n) is 3.18. The molecule has 0 aromatic rings. The van der Waals surface area contributed by atoms with Crippen LogP contribution in [-0.2, 0) is 10.1 Å². The van der Waals surface area contributed by atoms with Crippen LogP contribution in [0, 0.1) is 17.8 Å². The van der Waals surface area contributed by atoms with E-state index in [0.29, 0.717) is 30.6 Å². The van der Waals surface area contributed by atoms with E-state index >= 15 is 0 Å². The first-order valence-electron chi connectivity index (χ1n) is 6.83. The minimum absolute atomic E-state index is 0.337. The molecule has 4 atom stereocenters. The molecule has 4 unspecified atom stereocenters. The van der Waals surface area contributed by atoms with Gasteiger partial charge >= 0.3 is 0 Å². The first kappa shape index (κ1) is 15.7. The van der Waals surface area contributed by atoms with Gasteiger partial charge in [-0.15, -0.1) is 0 Å². The van der Waals surface area contributed by atoms with Gasteiger partial charge in [0, 0.05) is 0 Å². The van der Waals surface area contributed by atoms with E-state index in [1.54, 1.807) is 6.92 Å². The highest BCUT2D eigenvalue weighted by molar-refractivity contribution is 7.87. The molecule has 1 aliphatic rings. The van der Waals surface area contributed by atoms with Crippen LogP contribution in [0.4, 0.5) is 0 Å². The van der Waals surface area contributed by atoms with Gasteiger partial charge in [-0.2, -0.15) is 8.42 Å². The Labute approximate surface area is 111 Å². The second-order valence-electron chi connectivity index (χ2n) is 6.13. The molecule has 0 aliphatic heterocycles. The molecule has 0 spiro atoms. The first-order valence-corrected chi connectivity index (χ1v) is 8.27. The van der Waals surface area contributed by atoms with Crippen molar-refractivity contribution in [1.29, 1.82) is 0 Å². The lowest BCUT2D eigenvalue weighted by Gasteiger charge is -2.40.